The molecule has 5 rings (SSSR count). The van der Waals surface area contributed by atoms with Crippen LogP contribution in [0.25, 0.3) is 0 Å². The Morgan fingerprint density at radius 2 is 1.77 bits per heavy atom. The standard InChI is InChI=1S/C17H19N3O6/c21-15(22)16-5-10-3-11(6-16)8-17(7-10,9-16)18-13-2-1-12(19(23)24)4-14(13)20(25)26/h1-2,4,10-11,18H,3,5-9H2,(H,21,22). The van der Waals surface area contributed by atoms with Gasteiger partial charge >= 0.3 is 5.97 Å². The highest BCUT2D eigenvalue weighted by Crippen LogP contribution is 2.62. The summed E-state index contributed by atoms with van der Waals surface area (Å²) in [6.45, 7) is 0. The summed E-state index contributed by atoms with van der Waals surface area (Å²) in [5.74, 6) is -0.176. The molecule has 0 amide bonds. The maximum atomic E-state index is 11.9. The largest absolute Gasteiger partial charge is 0.481 e. The molecule has 9 heteroatoms. The zero-order valence-electron chi connectivity index (χ0n) is 14.0. The van der Waals surface area contributed by atoms with Gasteiger partial charge in [0.15, 0.2) is 0 Å². The molecule has 4 saturated carbocycles. The van der Waals surface area contributed by atoms with E-state index in [2.05, 4.69) is 5.32 Å². The number of anilines is 1. The van der Waals surface area contributed by atoms with Gasteiger partial charge in [-0.25, -0.2) is 0 Å². The maximum Gasteiger partial charge on any atom is 0.309 e. The molecular weight excluding hydrogens is 342 g/mol. The minimum atomic E-state index is -0.782. The molecule has 2 unspecified atom stereocenters. The second-order valence-corrected chi connectivity index (χ2v) is 8.17. The van der Waals surface area contributed by atoms with Crippen molar-refractivity contribution < 1.29 is 19.7 Å². The van der Waals surface area contributed by atoms with Crippen LogP contribution < -0.4 is 5.32 Å². The van der Waals surface area contributed by atoms with Crippen molar-refractivity contribution in [2.24, 2.45) is 17.3 Å². The molecule has 0 spiro atoms. The number of nitrogens with one attached hydrogen (secondary N) is 1. The monoisotopic (exact) mass is 361 g/mol. The fourth-order valence-corrected chi connectivity index (χ4v) is 5.84. The Bertz CT molecular complexity index is 809. The normalized spacial score (nSPS) is 34.5. The lowest BCUT2D eigenvalue weighted by Gasteiger charge is -2.60. The Morgan fingerprint density at radius 1 is 1.12 bits per heavy atom. The quantitative estimate of drug-likeness (QED) is 0.606. The zero-order valence-corrected chi connectivity index (χ0v) is 14.0. The summed E-state index contributed by atoms with van der Waals surface area (Å²) in [5, 5.41) is 35.4. The lowest BCUT2D eigenvalue weighted by Crippen LogP contribution is -2.61. The third-order valence-corrected chi connectivity index (χ3v) is 6.30. The predicted octanol–water partition coefficient (Wildman–Crippen LogP) is 3.34. The molecular formula is C17H19N3O6. The van der Waals surface area contributed by atoms with Gasteiger partial charge in [-0.3, -0.25) is 25.0 Å². The molecule has 0 saturated heterocycles. The van der Waals surface area contributed by atoms with Gasteiger partial charge in [0.25, 0.3) is 11.4 Å². The summed E-state index contributed by atoms with van der Waals surface area (Å²) >= 11 is 0. The van der Waals surface area contributed by atoms with Gasteiger partial charge in [0.05, 0.1) is 21.3 Å². The van der Waals surface area contributed by atoms with Crippen molar-refractivity contribution in [1.29, 1.82) is 0 Å². The summed E-state index contributed by atoms with van der Waals surface area (Å²) in [7, 11) is 0. The highest BCUT2D eigenvalue weighted by atomic mass is 16.6. The van der Waals surface area contributed by atoms with Gasteiger partial charge < -0.3 is 10.4 Å². The fraction of sp³-hybridized carbons (Fsp3) is 0.588. The van der Waals surface area contributed by atoms with Crippen molar-refractivity contribution >= 4 is 23.0 Å². The third-order valence-electron chi connectivity index (χ3n) is 6.30. The average molecular weight is 361 g/mol. The van der Waals surface area contributed by atoms with Crippen molar-refractivity contribution in [1.82, 2.24) is 0 Å². The van der Waals surface area contributed by atoms with Gasteiger partial charge in [0.2, 0.25) is 0 Å². The second-order valence-electron chi connectivity index (χ2n) is 8.17. The molecule has 0 heterocycles. The number of aliphatic carboxylic acids is 1. The highest BCUT2D eigenvalue weighted by molar-refractivity contribution is 5.76. The van der Waals surface area contributed by atoms with E-state index in [-0.39, 0.29) is 17.1 Å². The molecule has 4 bridgehead atoms. The summed E-state index contributed by atoms with van der Waals surface area (Å²) in [6.07, 6.45) is 4.37. The number of carboxylic acids is 1. The molecule has 1 aromatic rings. The topological polar surface area (TPSA) is 136 Å². The first-order valence-corrected chi connectivity index (χ1v) is 8.66. The van der Waals surface area contributed by atoms with E-state index < -0.39 is 26.8 Å². The SMILES string of the molecule is O=C(O)C12CC3CC(CC(Nc4ccc([N+](=O)[O-])cc4[N+](=O)[O-])(C3)C1)C2. The van der Waals surface area contributed by atoms with Crippen molar-refractivity contribution in [3.63, 3.8) is 0 Å². The lowest BCUT2D eigenvalue weighted by molar-refractivity contribution is -0.393. The molecule has 26 heavy (non-hydrogen) atoms. The number of nitro groups is 2. The Hall–Kier alpha value is -2.71. The second kappa shape index (κ2) is 5.39. The molecule has 0 aliphatic heterocycles. The first-order valence-electron chi connectivity index (χ1n) is 8.66. The predicted molar refractivity (Wildman–Crippen MR) is 90.9 cm³/mol. The molecule has 4 aliphatic rings. The number of rotatable bonds is 5. The number of hydrogen-bond acceptors (Lipinski definition) is 6. The Balaban J connectivity index is 1.70. The lowest BCUT2D eigenvalue weighted by atomic mass is 9.47. The average Bonchev–Trinajstić information content (AvgIpc) is 2.53. The van der Waals surface area contributed by atoms with Gasteiger partial charge in [-0.05, 0) is 56.4 Å². The van der Waals surface area contributed by atoms with Crippen LogP contribution in [0, 0.1) is 37.5 Å². The van der Waals surface area contributed by atoms with Crippen LogP contribution in [0.15, 0.2) is 18.2 Å². The van der Waals surface area contributed by atoms with Gasteiger partial charge in [-0.2, -0.15) is 0 Å². The van der Waals surface area contributed by atoms with Crippen LogP contribution in [-0.4, -0.2) is 26.5 Å². The van der Waals surface area contributed by atoms with E-state index in [0.717, 1.165) is 25.3 Å². The van der Waals surface area contributed by atoms with Crippen LogP contribution in [0.1, 0.15) is 38.5 Å². The van der Waals surface area contributed by atoms with Crippen molar-refractivity contribution in [3.05, 3.63) is 38.4 Å². The van der Waals surface area contributed by atoms with Crippen LogP contribution in [0.4, 0.5) is 17.1 Å². The summed E-state index contributed by atoms with van der Waals surface area (Å²) in [6, 6.07) is 3.56. The minimum Gasteiger partial charge on any atom is -0.481 e. The van der Waals surface area contributed by atoms with E-state index in [4.69, 9.17) is 0 Å². The first-order chi connectivity index (χ1) is 12.2. The maximum absolute atomic E-state index is 11.9. The molecule has 0 radical (unpaired) electrons. The number of nitro benzene ring substituents is 2. The Labute approximate surface area is 148 Å². The first kappa shape index (κ1) is 16.7. The summed E-state index contributed by atoms with van der Waals surface area (Å²) < 4.78 is 0. The van der Waals surface area contributed by atoms with Gasteiger partial charge in [0.1, 0.15) is 5.69 Å². The van der Waals surface area contributed by atoms with Crippen LogP contribution in [0.2, 0.25) is 0 Å². The molecule has 2 N–H and O–H groups in total. The molecule has 2 atom stereocenters. The smallest absolute Gasteiger partial charge is 0.309 e. The number of carbonyl (C=O) groups is 1. The number of nitrogens with zero attached hydrogens (tertiary/aromatic N) is 2. The Morgan fingerprint density at radius 3 is 2.31 bits per heavy atom. The van der Waals surface area contributed by atoms with E-state index in [1.54, 1.807) is 0 Å². The molecule has 4 fully saturated rings. The van der Waals surface area contributed by atoms with Crippen molar-refractivity contribution in [3.8, 4) is 0 Å². The number of carboxylic acid groups (broad SMARTS) is 1. The van der Waals surface area contributed by atoms with E-state index in [1.165, 1.54) is 12.1 Å². The third kappa shape index (κ3) is 2.49. The van der Waals surface area contributed by atoms with Crippen LogP contribution >= 0.6 is 0 Å². The summed E-state index contributed by atoms with van der Waals surface area (Å²) in [4.78, 5) is 32.9. The van der Waals surface area contributed by atoms with E-state index in [9.17, 15) is 30.1 Å². The van der Waals surface area contributed by atoms with Crippen LogP contribution in [-0.2, 0) is 4.79 Å². The van der Waals surface area contributed by atoms with Gasteiger partial charge in [-0.15, -0.1) is 0 Å². The zero-order chi connectivity index (χ0) is 18.7. The molecule has 9 nitrogen and oxygen atoms in total. The molecule has 1 aromatic carbocycles. The number of non-ortho nitro benzene ring substituents is 1. The summed E-state index contributed by atoms with van der Waals surface area (Å²) in [5.41, 5.74) is -1.71. The van der Waals surface area contributed by atoms with E-state index in [1.807, 2.05) is 0 Å². The van der Waals surface area contributed by atoms with Crippen LogP contribution in [0.3, 0.4) is 0 Å². The van der Waals surface area contributed by atoms with Gasteiger partial charge in [0, 0.05) is 11.6 Å². The van der Waals surface area contributed by atoms with E-state index in [0.29, 0.717) is 31.1 Å². The minimum absolute atomic E-state index is 0.225. The molecule has 0 aromatic heterocycles. The van der Waals surface area contributed by atoms with E-state index >= 15 is 0 Å². The number of hydrogen-bond donors (Lipinski definition) is 2. The van der Waals surface area contributed by atoms with Crippen molar-refractivity contribution in [2.45, 2.75) is 44.1 Å². The molecule has 4 aliphatic carbocycles. The van der Waals surface area contributed by atoms with Crippen molar-refractivity contribution in [2.75, 3.05) is 5.32 Å². The Kier molecular flexibility index (Phi) is 3.47. The van der Waals surface area contributed by atoms with Gasteiger partial charge in [-0.1, -0.05) is 0 Å². The molecule has 138 valence electrons. The fourth-order valence-electron chi connectivity index (χ4n) is 5.84. The van der Waals surface area contributed by atoms with Crippen LogP contribution in [0.5, 0.6) is 0 Å². The number of benzene rings is 1. The highest BCUT2D eigenvalue weighted by Gasteiger charge is 2.61.